The van der Waals surface area contributed by atoms with Crippen LogP contribution in [0.15, 0.2) is 28.7 Å². The van der Waals surface area contributed by atoms with E-state index in [4.69, 9.17) is 4.74 Å². The summed E-state index contributed by atoms with van der Waals surface area (Å²) >= 11 is 3.42. The molecule has 1 saturated carbocycles. The molecular formula is C16H18BrNO3. The van der Waals surface area contributed by atoms with E-state index in [1.165, 1.54) is 0 Å². The van der Waals surface area contributed by atoms with Crippen molar-refractivity contribution in [2.45, 2.75) is 44.1 Å². The first-order valence-electron chi connectivity index (χ1n) is 7.38. The number of esters is 1. The number of anilines is 1. The maximum Gasteiger partial charge on any atom is 0.307 e. The lowest BCUT2D eigenvalue weighted by Crippen LogP contribution is -2.43. The average Bonchev–Trinajstić information content (AvgIpc) is 2.78. The maximum absolute atomic E-state index is 12.6. The average molecular weight is 352 g/mol. The van der Waals surface area contributed by atoms with Gasteiger partial charge in [-0.05, 0) is 53.7 Å². The van der Waals surface area contributed by atoms with Crippen molar-refractivity contribution in [3.8, 4) is 0 Å². The van der Waals surface area contributed by atoms with Crippen LogP contribution in [-0.2, 0) is 14.3 Å². The minimum absolute atomic E-state index is 0.116. The second-order valence-electron chi connectivity index (χ2n) is 5.83. The smallest absolute Gasteiger partial charge is 0.307 e. The first-order valence-corrected chi connectivity index (χ1v) is 8.17. The van der Waals surface area contributed by atoms with Gasteiger partial charge in [0.2, 0.25) is 5.91 Å². The van der Waals surface area contributed by atoms with Crippen LogP contribution < -0.4 is 5.32 Å². The number of hydrogen-bond acceptors (Lipinski definition) is 3. The van der Waals surface area contributed by atoms with Gasteiger partial charge in [0.25, 0.3) is 0 Å². The van der Waals surface area contributed by atoms with E-state index in [0.29, 0.717) is 0 Å². The van der Waals surface area contributed by atoms with Crippen LogP contribution in [0.1, 0.15) is 38.5 Å². The molecule has 0 unspecified atom stereocenters. The van der Waals surface area contributed by atoms with Gasteiger partial charge in [-0.3, -0.25) is 9.59 Å². The van der Waals surface area contributed by atoms with Crippen molar-refractivity contribution < 1.29 is 14.3 Å². The van der Waals surface area contributed by atoms with Gasteiger partial charge in [-0.25, -0.2) is 0 Å². The standard InChI is InChI=1S/C16H18BrNO3/c17-12-6-2-3-7-13(12)18-15(20)11-10-14(19)21-16(11)8-4-1-5-9-16/h2-3,6-7,11H,1,4-5,8-10H2,(H,18,20)/t11-/m1/s1. The lowest BCUT2D eigenvalue weighted by molar-refractivity contribution is -0.153. The molecule has 0 bridgehead atoms. The molecule has 0 radical (unpaired) electrons. The van der Waals surface area contributed by atoms with Crippen molar-refractivity contribution in [1.82, 2.24) is 0 Å². The van der Waals surface area contributed by atoms with Crippen molar-refractivity contribution in [1.29, 1.82) is 0 Å². The highest BCUT2D eigenvalue weighted by Crippen LogP contribution is 2.44. The number of hydrogen-bond donors (Lipinski definition) is 1. The van der Waals surface area contributed by atoms with Gasteiger partial charge in [-0.2, -0.15) is 0 Å². The van der Waals surface area contributed by atoms with Crippen LogP contribution in [0.3, 0.4) is 0 Å². The summed E-state index contributed by atoms with van der Waals surface area (Å²) in [5.74, 6) is -0.740. The third kappa shape index (κ3) is 2.84. The molecule has 1 saturated heterocycles. The molecule has 4 nitrogen and oxygen atoms in total. The Morgan fingerprint density at radius 3 is 2.67 bits per heavy atom. The quantitative estimate of drug-likeness (QED) is 0.827. The van der Waals surface area contributed by atoms with Crippen LogP contribution in [0.4, 0.5) is 5.69 Å². The van der Waals surface area contributed by atoms with Gasteiger partial charge in [-0.15, -0.1) is 0 Å². The number of nitrogens with one attached hydrogen (secondary N) is 1. The zero-order valence-electron chi connectivity index (χ0n) is 11.7. The SMILES string of the molecule is O=C1C[C@H](C(=O)Nc2ccccc2Br)C2(CCCCC2)O1. The van der Waals surface area contributed by atoms with Crippen molar-refractivity contribution in [3.63, 3.8) is 0 Å². The minimum Gasteiger partial charge on any atom is -0.458 e. The summed E-state index contributed by atoms with van der Waals surface area (Å²) in [5, 5.41) is 2.93. The number of rotatable bonds is 2. The van der Waals surface area contributed by atoms with Gasteiger partial charge in [0.05, 0.1) is 18.0 Å². The van der Waals surface area contributed by atoms with Gasteiger partial charge in [0.15, 0.2) is 0 Å². The first kappa shape index (κ1) is 14.6. The van der Waals surface area contributed by atoms with Gasteiger partial charge in [0.1, 0.15) is 5.60 Å². The Bertz CT molecular complexity index is 566. The highest BCUT2D eigenvalue weighted by Gasteiger charge is 2.52. The zero-order valence-corrected chi connectivity index (χ0v) is 13.3. The lowest BCUT2D eigenvalue weighted by atomic mass is 9.75. The van der Waals surface area contributed by atoms with E-state index < -0.39 is 5.60 Å². The van der Waals surface area contributed by atoms with Crippen LogP contribution in [0.2, 0.25) is 0 Å². The molecule has 0 aromatic heterocycles. The Kier molecular flexibility index (Phi) is 4.02. The van der Waals surface area contributed by atoms with E-state index in [2.05, 4.69) is 21.2 Å². The maximum atomic E-state index is 12.6. The van der Waals surface area contributed by atoms with E-state index >= 15 is 0 Å². The summed E-state index contributed by atoms with van der Waals surface area (Å²) in [6, 6.07) is 7.48. The fourth-order valence-corrected chi connectivity index (χ4v) is 3.79. The molecule has 1 spiro atoms. The minimum atomic E-state index is -0.569. The number of amides is 1. The molecule has 2 aliphatic rings. The fourth-order valence-electron chi connectivity index (χ4n) is 3.41. The van der Waals surface area contributed by atoms with Gasteiger partial charge in [-0.1, -0.05) is 18.6 Å². The van der Waals surface area contributed by atoms with Crippen LogP contribution in [0, 0.1) is 5.92 Å². The van der Waals surface area contributed by atoms with E-state index in [1.807, 2.05) is 24.3 Å². The summed E-state index contributed by atoms with van der Waals surface area (Å²) in [5.41, 5.74) is 0.161. The molecule has 1 N–H and O–H groups in total. The van der Waals surface area contributed by atoms with E-state index in [-0.39, 0.29) is 24.2 Å². The Labute approximate surface area is 132 Å². The van der Waals surface area contributed by atoms with E-state index in [0.717, 1.165) is 42.3 Å². The molecule has 3 rings (SSSR count). The van der Waals surface area contributed by atoms with Crippen molar-refractivity contribution in [2.75, 3.05) is 5.32 Å². The molecule has 1 aliphatic heterocycles. The molecule has 1 heterocycles. The third-order valence-electron chi connectivity index (χ3n) is 4.47. The van der Waals surface area contributed by atoms with Gasteiger partial charge in [0, 0.05) is 4.47 Å². The van der Waals surface area contributed by atoms with Gasteiger partial charge >= 0.3 is 5.97 Å². The van der Waals surface area contributed by atoms with Crippen molar-refractivity contribution >= 4 is 33.5 Å². The van der Waals surface area contributed by atoms with Crippen LogP contribution in [-0.4, -0.2) is 17.5 Å². The normalized spacial score (nSPS) is 23.9. The van der Waals surface area contributed by atoms with E-state index in [1.54, 1.807) is 0 Å². The second kappa shape index (κ2) is 5.79. The number of benzene rings is 1. The largest absolute Gasteiger partial charge is 0.458 e. The number of halogens is 1. The van der Waals surface area contributed by atoms with Crippen LogP contribution >= 0.6 is 15.9 Å². The Morgan fingerprint density at radius 2 is 1.95 bits per heavy atom. The Hall–Kier alpha value is -1.36. The number of carbonyl (C=O) groups is 2. The number of para-hydroxylation sites is 1. The van der Waals surface area contributed by atoms with Gasteiger partial charge < -0.3 is 10.1 Å². The Morgan fingerprint density at radius 1 is 1.24 bits per heavy atom. The second-order valence-corrected chi connectivity index (χ2v) is 6.68. The molecule has 2 fully saturated rings. The molecule has 5 heteroatoms. The molecular weight excluding hydrogens is 334 g/mol. The van der Waals surface area contributed by atoms with E-state index in [9.17, 15) is 9.59 Å². The number of ether oxygens (including phenoxy) is 1. The summed E-state index contributed by atoms with van der Waals surface area (Å²) in [6.07, 6.45) is 4.98. The Balaban J connectivity index is 1.79. The third-order valence-corrected chi connectivity index (χ3v) is 5.16. The van der Waals surface area contributed by atoms with Crippen molar-refractivity contribution in [2.24, 2.45) is 5.92 Å². The highest BCUT2D eigenvalue weighted by atomic mass is 79.9. The summed E-state index contributed by atoms with van der Waals surface area (Å²) in [7, 11) is 0. The summed E-state index contributed by atoms with van der Waals surface area (Å²) in [4.78, 5) is 24.4. The number of carbonyl (C=O) groups excluding carboxylic acids is 2. The van der Waals surface area contributed by atoms with Crippen LogP contribution in [0.5, 0.6) is 0 Å². The lowest BCUT2D eigenvalue weighted by Gasteiger charge is -2.36. The highest BCUT2D eigenvalue weighted by molar-refractivity contribution is 9.10. The fraction of sp³-hybridized carbons (Fsp3) is 0.500. The molecule has 1 aromatic rings. The monoisotopic (exact) mass is 351 g/mol. The molecule has 1 amide bonds. The van der Waals surface area contributed by atoms with Crippen molar-refractivity contribution in [3.05, 3.63) is 28.7 Å². The summed E-state index contributed by atoms with van der Waals surface area (Å²) in [6.45, 7) is 0. The molecule has 1 atom stereocenters. The first-order chi connectivity index (χ1) is 10.1. The molecule has 1 aromatic carbocycles. The topological polar surface area (TPSA) is 55.4 Å². The zero-order chi connectivity index (χ0) is 14.9. The van der Waals surface area contributed by atoms with Crippen LogP contribution in [0.25, 0.3) is 0 Å². The predicted molar refractivity (Wildman–Crippen MR) is 82.8 cm³/mol. The summed E-state index contributed by atoms with van der Waals surface area (Å²) < 4.78 is 6.41. The molecule has 21 heavy (non-hydrogen) atoms. The predicted octanol–water partition coefficient (Wildman–Crippen LogP) is 3.65. The molecule has 1 aliphatic carbocycles. The molecule has 112 valence electrons.